The molecule has 0 saturated carbocycles. The Morgan fingerprint density at radius 2 is 0.432 bits per heavy atom. The second-order valence-corrected chi connectivity index (χ2v) is 9.32. The van der Waals surface area contributed by atoms with Gasteiger partial charge in [-0.1, -0.05) is 0 Å². The Balaban J connectivity index is -0.0000000570. The molecule has 0 heterocycles. The zero-order valence-corrected chi connectivity index (χ0v) is 21.1. The maximum atomic E-state index is 10.6. The highest BCUT2D eigenvalue weighted by atomic mass is 31.2. The first-order valence-corrected chi connectivity index (χ1v) is 14.8. The molecule has 0 radical (unpaired) electrons. The van der Waals surface area contributed by atoms with Gasteiger partial charge in [-0.15, -0.1) is 25.2 Å². The van der Waals surface area contributed by atoms with E-state index >= 15 is 0 Å². The highest BCUT2D eigenvalue weighted by molar-refractivity contribution is 7.46. The molecule has 0 aliphatic heterocycles. The molecule has 0 unspecified atom stereocenters. The van der Waals surface area contributed by atoms with E-state index in [-0.39, 0.29) is 0 Å². The molecule has 0 aliphatic carbocycles. The van der Waals surface area contributed by atoms with E-state index in [0.717, 1.165) is 0 Å². The van der Waals surface area contributed by atoms with Crippen LogP contribution in [0, 0.1) is 0 Å². The van der Waals surface area contributed by atoms with E-state index in [1.165, 1.54) is 0 Å². The van der Waals surface area contributed by atoms with Crippen molar-refractivity contribution in [1.82, 2.24) is 0 Å². The molecule has 20 nitrogen and oxygen atoms in total. The molecule has 0 bridgehead atoms. The Hall–Kier alpha value is -0.260. The van der Waals surface area contributed by atoms with Crippen molar-refractivity contribution < 1.29 is 134 Å². The fraction of sp³-hybridized carbons (Fsp3) is 0.500. The summed E-state index contributed by atoms with van der Waals surface area (Å²) < 4.78 is 146. The van der Waals surface area contributed by atoms with E-state index in [1.807, 2.05) is 0 Å². The SMILES string of the molecule is O=C(O)C(F)(F)F.O=P(O)(O)F.O=P(O)(O)F.O=P(O)(O)F.O=P(O)(O)F.O=P(O)(O)F.O=P(O)(O)F. The summed E-state index contributed by atoms with van der Waals surface area (Å²) in [6.45, 7) is 0. The average molecular weight is 714 g/mol. The van der Waals surface area contributed by atoms with Gasteiger partial charge in [0.25, 0.3) is 0 Å². The number of halogens is 9. The summed E-state index contributed by atoms with van der Waals surface area (Å²) in [4.78, 5) is 92.5. The minimum absolute atomic E-state index is 2.76. The maximum absolute atomic E-state index is 10.6. The quantitative estimate of drug-likeness (QED) is 0.122. The Morgan fingerprint density at radius 3 is 0.432 bits per heavy atom. The van der Waals surface area contributed by atoms with E-state index in [4.69, 9.17) is 96.0 Å². The molecule has 37 heavy (non-hydrogen) atoms. The number of carboxylic acid groups (broad SMARTS) is 1. The minimum atomic E-state index is -5.14. The van der Waals surface area contributed by atoms with Gasteiger partial charge in [0.1, 0.15) is 0 Å². The van der Waals surface area contributed by atoms with Crippen molar-refractivity contribution >= 4 is 53.4 Å². The van der Waals surface area contributed by atoms with Crippen LogP contribution in [-0.4, -0.2) is 76.0 Å². The number of aliphatic carboxylic acids is 1. The smallest absolute Gasteiger partial charge is 0.475 e. The first-order chi connectivity index (χ1) is 14.9. The van der Waals surface area contributed by atoms with Crippen LogP contribution in [0.1, 0.15) is 0 Å². The number of rotatable bonds is 0. The first-order valence-electron chi connectivity index (χ1n) is 5.75. The van der Waals surface area contributed by atoms with Gasteiger partial charge in [-0.2, -0.15) is 13.2 Å². The van der Waals surface area contributed by atoms with Crippen molar-refractivity contribution in [2.75, 3.05) is 0 Å². The van der Waals surface area contributed by atoms with Crippen molar-refractivity contribution in [3.8, 4) is 0 Å². The summed E-state index contributed by atoms with van der Waals surface area (Å²) >= 11 is 0. The molecule has 0 spiro atoms. The molecule has 0 aromatic rings. The summed E-state index contributed by atoms with van der Waals surface area (Å²) in [7, 11) is -30.8. The van der Waals surface area contributed by atoms with Gasteiger partial charge in [0.05, 0.1) is 0 Å². The van der Waals surface area contributed by atoms with Crippen LogP contribution < -0.4 is 0 Å². The molecule has 0 atom stereocenters. The largest absolute Gasteiger partial charge is 0.507 e. The molecule has 234 valence electrons. The predicted molar refractivity (Wildman–Crippen MR) is 92.6 cm³/mol. The van der Waals surface area contributed by atoms with Crippen molar-refractivity contribution in [1.29, 1.82) is 0 Å². The van der Waals surface area contributed by atoms with Crippen LogP contribution in [0.25, 0.3) is 0 Å². The molecule has 0 saturated heterocycles. The monoisotopic (exact) mass is 714 g/mol. The Labute approximate surface area is 195 Å². The van der Waals surface area contributed by atoms with Crippen molar-refractivity contribution in [2.45, 2.75) is 6.18 Å². The Kier molecular flexibility index (Phi) is 30.9. The van der Waals surface area contributed by atoms with Crippen LogP contribution in [0.5, 0.6) is 0 Å². The van der Waals surface area contributed by atoms with E-state index in [2.05, 4.69) is 0 Å². The van der Waals surface area contributed by atoms with E-state index in [0.29, 0.717) is 0 Å². The summed E-state index contributed by atoms with van der Waals surface area (Å²) in [6, 6.07) is 0. The molecule has 0 rings (SSSR count). The van der Waals surface area contributed by atoms with Gasteiger partial charge < -0.3 is 5.11 Å². The lowest BCUT2D eigenvalue weighted by Crippen LogP contribution is -2.21. The van der Waals surface area contributed by atoms with Gasteiger partial charge in [0, 0.05) is 0 Å². The third-order valence-corrected chi connectivity index (χ3v) is 0.243. The van der Waals surface area contributed by atoms with Crippen molar-refractivity contribution in [3.63, 3.8) is 0 Å². The van der Waals surface area contributed by atoms with Crippen LogP contribution in [0.15, 0.2) is 0 Å². The average Bonchev–Trinajstić information content (AvgIpc) is 2.22. The molecule has 0 aromatic heterocycles. The minimum Gasteiger partial charge on any atom is -0.475 e. The summed E-state index contributed by atoms with van der Waals surface area (Å²) in [5.41, 5.74) is 0. The standard InChI is InChI=1S/C2HF3O2.6FH2O3P/c3-2(4,5)1(6)7;6*1-5(2,3)4/h(H,6,7);6*(H2,2,3,4). The van der Waals surface area contributed by atoms with Crippen LogP contribution in [0.4, 0.5) is 38.4 Å². The molecule has 13 N–H and O–H groups in total. The second kappa shape index (κ2) is 21.5. The van der Waals surface area contributed by atoms with Gasteiger partial charge in [-0.25, -0.2) is 32.2 Å². The molecule has 0 aliphatic rings. The van der Waals surface area contributed by atoms with Gasteiger partial charge in [-0.3, -0.25) is 58.7 Å². The number of hydrogen-bond acceptors (Lipinski definition) is 7. The van der Waals surface area contributed by atoms with E-state index in [9.17, 15) is 38.4 Å². The fourth-order valence-corrected chi connectivity index (χ4v) is 0. The predicted octanol–water partition coefficient (Wildman–Crippen LogP) is 0.925. The van der Waals surface area contributed by atoms with Gasteiger partial charge in [0.15, 0.2) is 0 Å². The lowest BCUT2D eigenvalue weighted by Gasteiger charge is -1.93. The topological polar surface area (TPSA) is 382 Å². The molecule has 0 fully saturated rings. The molecule has 0 aromatic carbocycles. The van der Waals surface area contributed by atoms with E-state index in [1.54, 1.807) is 0 Å². The summed E-state index contributed by atoms with van der Waals surface area (Å²) in [6.07, 6.45) is -5.08. The lowest BCUT2D eigenvalue weighted by atomic mass is 10.7. The van der Waals surface area contributed by atoms with Gasteiger partial charge in [0.2, 0.25) is 0 Å². The Morgan fingerprint density at radius 1 is 0.405 bits per heavy atom. The maximum Gasteiger partial charge on any atom is 0.507 e. The number of alkyl halides is 3. The number of carboxylic acids is 1. The Bertz CT molecular complexity index is 659. The first kappa shape index (κ1) is 53.1. The molecular formula is C2H13F9O20P6. The summed E-state index contributed by atoms with van der Waals surface area (Å²) in [5.74, 6) is -2.76. The number of carbonyl (C=O) groups is 1. The fourth-order valence-electron chi connectivity index (χ4n) is 0. The highest BCUT2D eigenvalue weighted by Crippen LogP contribution is 2.37. The van der Waals surface area contributed by atoms with E-state index < -0.39 is 59.6 Å². The van der Waals surface area contributed by atoms with Crippen LogP contribution in [0.3, 0.4) is 0 Å². The molecular weight excluding hydrogens is 701 g/mol. The van der Waals surface area contributed by atoms with Crippen molar-refractivity contribution in [2.24, 2.45) is 0 Å². The van der Waals surface area contributed by atoms with Crippen LogP contribution >= 0.6 is 47.4 Å². The highest BCUT2D eigenvalue weighted by Gasteiger charge is 2.38. The lowest BCUT2D eigenvalue weighted by molar-refractivity contribution is -0.192. The third-order valence-electron chi connectivity index (χ3n) is 0.243. The van der Waals surface area contributed by atoms with Crippen LogP contribution in [0.2, 0.25) is 0 Å². The molecule has 0 amide bonds. The van der Waals surface area contributed by atoms with Gasteiger partial charge >= 0.3 is 59.6 Å². The summed E-state index contributed by atoms with van der Waals surface area (Å²) in [5, 5.41) is 7.12. The zero-order chi connectivity index (χ0) is 33.1. The normalized spacial score (nSPS) is 11.7. The third kappa shape index (κ3) is 1230. The van der Waals surface area contributed by atoms with Crippen LogP contribution in [-0.2, 0) is 32.2 Å². The zero-order valence-electron chi connectivity index (χ0n) is 15.8. The van der Waals surface area contributed by atoms with Gasteiger partial charge in [-0.05, 0) is 0 Å². The number of hydrogen-bond donors (Lipinski definition) is 13. The second-order valence-electron chi connectivity index (χ2n) is 3.64. The molecule has 35 heteroatoms. The van der Waals surface area contributed by atoms with Crippen molar-refractivity contribution in [3.05, 3.63) is 0 Å².